The number of carbonyl (C=O) groups is 1. The Hall–Kier alpha value is -1.72. The van der Waals surface area contributed by atoms with Crippen molar-refractivity contribution in [2.45, 2.75) is 0 Å². The highest BCUT2D eigenvalue weighted by Gasteiger charge is 2.13. The van der Waals surface area contributed by atoms with Crippen LogP contribution in [0.15, 0.2) is 35.7 Å². The van der Waals surface area contributed by atoms with Crippen molar-refractivity contribution < 1.29 is 9.90 Å². The quantitative estimate of drug-likeness (QED) is 0.764. The molecule has 0 amide bonds. The fourth-order valence-electron chi connectivity index (χ4n) is 1.67. The molecular weight excluding hydrogens is 254 g/mol. The van der Waals surface area contributed by atoms with E-state index in [2.05, 4.69) is 4.98 Å². The second-order valence-electron chi connectivity index (χ2n) is 3.45. The number of thiophene rings is 1. The summed E-state index contributed by atoms with van der Waals surface area (Å²) < 4.78 is 0.910. The maximum atomic E-state index is 10.9. The summed E-state index contributed by atoms with van der Waals surface area (Å²) in [6.07, 6.45) is 0. The maximum Gasteiger partial charge on any atom is 0.365 e. The molecule has 0 aliphatic carbocycles. The molecule has 0 bridgehead atoms. The monoisotopic (exact) mass is 261 g/mol. The minimum atomic E-state index is -0.969. The number of hydrogen-bond acceptors (Lipinski definition) is 4. The van der Waals surface area contributed by atoms with Gasteiger partial charge in [-0.05, 0) is 17.5 Å². The standard InChI is InChI=1S/C12H7NO2S2/c14-12(15)11-13-10-7(8-5-2-6-16-8)3-1-4-9(10)17-11/h1-6H,(H,14,15). The summed E-state index contributed by atoms with van der Waals surface area (Å²) in [4.78, 5) is 16.2. The number of nitrogens with zero attached hydrogens (tertiary/aromatic N) is 1. The molecule has 0 spiro atoms. The highest BCUT2D eigenvalue weighted by Crippen LogP contribution is 2.33. The van der Waals surface area contributed by atoms with Gasteiger partial charge in [-0.15, -0.1) is 22.7 Å². The number of aromatic nitrogens is 1. The molecule has 5 heteroatoms. The zero-order valence-electron chi connectivity index (χ0n) is 8.58. The Balaban J connectivity index is 2.29. The van der Waals surface area contributed by atoms with Crippen molar-refractivity contribution in [3.63, 3.8) is 0 Å². The number of benzene rings is 1. The molecule has 1 N–H and O–H groups in total. The minimum absolute atomic E-state index is 0.143. The first-order valence-corrected chi connectivity index (χ1v) is 6.62. The van der Waals surface area contributed by atoms with Crippen LogP contribution in [0.5, 0.6) is 0 Å². The van der Waals surface area contributed by atoms with E-state index in [1.807, 2.05) is 35.7 Å². The average molecular weight is 261 g/mol. The molecule has 2 heterocycles. The Morgan fingerprint density at radius 1 is 1.24 bits per heavy atom. The summed E-state index contributed by atoms with van der Waals surface area (Å²) >= 11 is 2.84. The second kappa shape index (κ2) is 3.94. The lowest BCUT2D eigenvalue weighted by Crippen LogP contribution is -1.93. The van der Waals surface area contributed by atoms with Crippen LogP contribution < -0.4 is 0 Å². The van der Waals surface area contributed by atoms with Gasteiger partial charge in [-0.1, -0.05) is 18.2 Å². The van der Waals surface area contributed by atoms with Gasteiger partial charge in [0, 0.05) is 10.4 Å². The Labute approximate surface area is 105 Å². The van der Waals surface area contributed by atoms with E-state index in [4.69, 9.17) is 5.11 Å². The van der Waals surface area contributed by atoms with Crippen molar-refractivity contribution in [2.75, 3.05) is 0 Å². The van der Waals surface area contributed by atoms with E-state index in [0.717, 1.165) is 20.7 Å². The average Bonchev–Trinajstić information content (AvgIpc) is 2.97. The number of para-hydroxylation sites is 1. The number of aromatic carboxylic acids is 1. The van der Waals surface area contributed by atoms with Gasteiger partial charge in [0.1, 0.15) is 0 Å². The van der Waals surface area contributed by atoms with Crippen LogP contribution in [0.4, 0.5) is 0 Å². The van der Waals surface area contributed by atoms with E-state index in [-0.39, 0.29) is 5.01 Å². The van der Waals surface area contributed by atoms with Crippen LogP contribution in [0.2, 0.25) is 0 Å². The highest BCUT2D eigenvalue weighted by molar-refractivity contribution is 7.20. The van der Waals surface area contributed by atoms with Crippen molar-refractivity contribution in [2.24, 2.45) is 0 Å². The van der Waals surface area contributed by atoms with Gasteiger partial charge < -0.3 is 5.11 Å². The van der Waals surface area contributed by atoms with Gasteiger partial charge in [0.25, 0.3) is 0 Å². The van der Waals surface area contributed by atoms with Crippen molar-refractivity contribution in [3.8, 4) is 10.4 Å². The lowest BCUT2D eigenvalue weighted by Gasteiger charge is -1.97. The molecule has 3 rings (SSSR count). The van der Waals surface area contributed by atoms with Crippen LogP contribution in [0.1, 0.15) is 9.80 Å². The fraction of sp³-hybridized carbons (Fsp3) is 0. The predicted octanol–water partition coefficient (Wildman–Crippen LogP) is 3.72. The Kier molecular flexibility index (Phi) is 2.42. The van der Waals surface area contributed by atoms with E-state index >= 15 is 0 Å². The van der Waals surface area contributed by atoms with E-state index < -0.39 is 5.97 Å². The molecule has 3 nitrogen and oxygen atoms in total. The maximum absolute atomic E-state index is 10.9. The molecule has 0 atom stereocenters. The lowest BCUT2D eigenvalue weighted by atomic mass is 10.1. The molecule has 1 aromatic carbocycles. The molecule has 84 valence electrons. The van der Waals surface area contributed by atoms with E-state index in [9.17, 15) is 4.79 Å². The van der Waals surface area contributed by atoms with Crippen molar-refractivity contribution >= 4 is 38.9 Å². The third-order valence-electron chi connectivity index (χ3n) is 2.39. The zero-order valence-corrected chi connectivity index (χ0v) is 10.2. The van der Waals surface area contributed by atoms with Gasteiger partial charge in [-0.3, -0.25) is 0 Å². The third-order valence-corrected chi connectivity index (χ3v) is 4.30. The largest absolute Gasteiger partial charge is 0.476 e. The molecule has 0 radical (unpaired) electrons. The number of thiazole rings is 1. The SMILES string of the molecule is O=C(O)c1nc2c(-c3cccs3)cccc2s1. The second-order valence-corrected chi connectivity index (χ2v) is 5.43. The molecule has 0 saturated carbocycles. The summed E-state index contributed by atoms with van der Waals surface area (Å²) in [5.41, 5.74) is 1.78. The van der Waals surface area contributed by atoms with Gasteiger partial charge in [-0.25, -0.2) is 9.78 Å². The van der Waals surface area contributed by atoms with E-state index in [0.29, 0.717) is 0 Å². The molecule has 3 aromatic rings. The summed E-state index contributed by atoms with van der Waals surface area (Å²) in [6, 6.07) is 9.79. The summed E-state index contributed by atoms with van der Waals surface area (Å²) in [5, 5.41) is 11.1. The first-order chi connectivity index (χ1) is 8.25. The predicted molar refractivity (Wildman–Crippen MR) is 69.9 cm³/mol. The van der Waals surface area contributed by atoms with Crippen LogP contribution >= 0.6 is 22.7 Å². The number of rotatable bonds is 2. The number of hydrogen-bond donors (Lipinski definition) is 1. The van der Waals surface area contributed by atoms with Crippen LogP contribution in [0, 0.1) is 0 Å². The molecular formula is C12H7NO2S2. The van der Waals surface area contributed by atoms with Gasteiger partial charge in [0.2, 0.25) is 5.01 Å². The molecule has 0 fully saturated rings. The molecule has 17 heavy (non-hydrogen) atoms. The number of carboxylic acid groups (broad SMARTS) is 1. The lowest BCUT2D eigenvalue weighted by molar-refractivity contribution is 0.0696. The molecule has 0 aliphatic rings. The first-order valence-electron chi connectivity index (χ1n) is 4.92. The summed E-state index contributed by atoms with van der Waals surface area (Å²) in [5.74, 6) is -0.969. The summed E-state index contributed by atoms with van der Waals surface area (Å²) in [7, 11) is 0. The van der Waals surface area contributed by atoms with E-state index in [1.54, 1.807) is 11.3 Å². The van der Waals surface area contributed by atoms with Crippen LogP contribution in [-0.4, -0.2) is 16.1 Å². The van der Waals surface area contributed by atoms with Crippen molar-refractivity contribution in [3.05, 3.63) is 40.7 Å². The van der Waals surface area contributed by atoms with Gasteiger partial charge in [-0.2, -0.15) is 0 Å². The topological polar surface area (TPSA) is 50.2 Å². The van der Waals surface area contributed by atoms with E-state index in [1.165, 1.54) is 11.3 Å². The van der Waals surface area contributed by atoms with Crippen LogP contribution in [0.25, 0.3) is 20.7 Å². The Morgan fingerprint density at radius 2 is 2.12 bits per heavy atom. The number of carboxylic acids is 1. The number of fused-ring (bicyclic) bond motifs is 1. The zero-order chi connectivity index (χ0) is 11.8. The molecule has 2 aromatic heterocycles. The Morgan fingerprint density at radius 3 is 2.82 bits per heavy atom. The smallest absolute Gasteiger partial charge is 0.365 e. The first kappa shape index (κ1) is 10.4. The normalized spacial score (nSPS) is 10.8. The molecule has 0 saturated heterocycles. The third kappa shape index (κ3) is 1.73. The van der Waals surface area contributed by atoms with Crippen LogP contribution in [0.3, 0.4) is 0 Å². The fourth-order valence-corrected chi connectivity index (χ4v) is 3.25. The van der Waals surface area contributed by atoms with Gasteiger partial charge in [0.05, 0.1) is 10.2 Å². The summed E-state index contributed by atoms with van der Waals surface area (Å²) in [6.45, 7) is 0. The highest BCUT2D eigenvalue weighted by atomic mass is 32.1. The molecule has 0 aliphatic heterocycles. The molecule has 0 unspecified atom stereocenters. The van der Waals surface area contributed by atoms with Crippen molar-refractivity contribution in [1.29, 1.82) is 0 Å². The van der Waals surface area contributed by atoms with Crippen molar-refractivity contribution in [1.82, 2.24) is 4.98 Å². The van der Waals surface area contributed by atoms with Gasteiger partial charge >= 0.3 is 5.97 Å². The van der Waals surface area contributed by atoms with Crippen LogP contribution in [-0.2, 0) is 0 Å². The minimum Gasteiger partial charge on any atom is -0.476 e. The van der Waals surface area contributed by atoms with Gasteiger partial charge in [0.15, 0.2) is 0 Å². The Bertz CT molecular complexity index is 686.